The number of hydrogen-bond acceptors (Lipinski definition) is 4. The number of amides is 2. The second kappa shape index (κ2) is 8.29. The number of nitrogens with two attached hydrogens (primary N) is 1. The Kier molecular flexibility index (Phi) is 6.38. The van der Waals surface area contributed by atoms with Gasteiger partial charge in [-0.05, 0) is 17.7 Å². The molecule has 1 atom stereocenters. The Labute approximate surface area is 141 Å². The van der Waals surface area contributed by atoms with Gasteiger partial charge in [-0.3, -0.25) is 9.59 Å². The summed E-state index contributed by atoms with van der Waals surface area (Å²) in [6, 6.07) is 6.61. The van der Waals surface area contributed by atoms with E-state index in [1.165, 1.54) is 7.11 Å². The van der Waals surface area contributed by atoms with Crippen LogP contribution in [-0.4, -0.2) is 67.6 Å². The van der Waals surface area contributed by atoms with Gasteiger partial charge in [0.25, 0.3) is 0 Å². The fourth-order valence-corrected chi connectivity index (χ4v) is 2.68. The van der Waals surface area contributed by atoms with E-state index in [0.29, 0.717) is 37.6 Å². The Morgan fingerprint density at radius 2 is 1.74 bits per heavy atom. The van der Waals surface area contributed by atoms with E-state index in [1.54, 1.807) is 21.9 Å². The Balaban J connectivity index is 1.82. The predicted molar refractivity (Wildman–Crippen MR) is 88.2 cm³/mol. The molecule has 1 aliphatic heterocycles. The molecular formula is C16H22ClN3O3. The Morgan fingerprint density at radius 1 is 1.17 bits per heavy atom. The van der Waals surface area contributed by atoms with Gasteiger partial charge in [-0.1, -0.05) is 23.7 Å². The van der Waals surface area contributed by atoms with E-state index in [2.05, 4.69) is 0 Å². The largest absolute Gasteiger partial charge is 0.383 e. The van der Waals surface area contributed by atoms with Crippen LogP contribution in [-0.2, 0) is 20.7 Å². The molecule has 2 rings (SSSR count). The SMILES string of the molecule is COCC(N)C(=O)N1CCN(C(=O)Cc2ccc(Cl)cc2)CC1. The highest BCUT2D eigenvalue weighted by Crippen LogP contribution is 2.12. The van der Waals surface area contributed by atoms with Crippen molar-refractivity contribution < 1.29 is 14.3 Å². The highest BCUT2D eigenvalue weighted by atomic mass is 35.5. The lowest BCUT2D eigenvalue weighted by Crippen LogP contribution is -2.55. The number of methoxy groups -OCH3 is 1. The van der Waals surface area contributed by atoms with Crippen LogP contribution in [0.15, 0.2) is 24.3 Å². The zero-order chi connectivity index (χ0) is 16.8. The topological polar surface area (TPSA) is 75.9 Å². The minimum atomic E-state index is -0.642. The third-order valence-electron chi connectivity index (χ3n) is 3.88. The van der Waals surface area contributed by atoms with Gasteiger partial charge in [0.15, 0.2) is 0 Å². The van der Waals surface area contributed by atoms with Crippen LogP contribution in [0.5, 0.6) is 0 Å². The number of benzene rings is 1. The van der Waals surface area contributed by atoms with Crippen LogP contribution >= 0.6 is 11.6 Å². The lowest BCUT2D eigenvalue weighted by molar-refractivity contribution is -0.140. The fourth-order valence-electron chi connectivity index (χ4n) is 2.55. The third kappa shape index (κ3) is 4.92. The molecule has 0 spiro atoms. The molecule has 1 saturated heterocycles. The summed E-state index contributed by atoms with van der Waals surface area (Å²) in [7, 11) is 1.51. The smallest absolute Gasteiger partial charge is 0.241 e. The van der Waals surface area contributed by atoms with E-state index >= 15 is 0 Å². The fraction of sp³-hybridized carbons (Fsp3) is 0.500. The molecular weight excluding hydrogens is 318 g/mol. The zero-order valence-corrected chi connectivity index (χ0v) is 14.0. The van der Waals surface area contributed by atoms with Gasteiger partial charge in [-0.15, -0.1) is 0 Å². The molecule has 1 aromatic carbocycles. The van der Waals surface area contributed by atoms with Gasteiger partial charge in [-0.2, -0.15) is 0 Å². The van der Waals surface area contributed by atoms with Gasteiger partial charge in [0.1, 0.15) is 6.04 Å². The van der Waals surface area contributed by atoms with Crippen LogP contribution in [0.2, 0.25) is 5.02 Å². The molecule has 0 saturated carbocycles. The first kappa shape index (κ1) is 17.7. The first-order valence-electron chi connectivity index (χ1n) is 7.57. The first-order chi connectivity index (χ1) is 11.0. The van der Waals surface area contributed by atoms with Crippen molar-refractivity contribution >= 4 is 23.4 Å². The molecule has 1 heterocycles. The van der Waals surface area contributed by atoms with Gasteiger partial charge >= 0.3 is 0 Å². The minimum Gasteiger partial charge on any atom is -0.383 e. The van der Waals surface area contributed by atoms with Gasteiger partial charge in [0.2, 0.25) is 11.8 Å². The maximum absolute atomic E-state index is 12.3. The molecule has 126 valence electrons. The monoisotopic (exact) mass is 339 g/mol. The Bertz CT molecular complexity index is 542. The number of halogens is 1. The van der Waals surface area contributed by atoms with E-state index in [-0.39, 0.29) is 18.4 Å². The van der Waals surface area contributed by atoms with Gasteiger partial charge < -0.3 is 20.3 Å². The highest BCUT2D eigenvalue weighted by molar-refractivity contribution is 6.30. The number of piperazine rings is 1. The average Bonchev–Trinajstić information content (AvgIpc) is 2.56. The molecule has 23 heavy (non-hydrogen) atoms. The van der Waals surface area contributed by atoms with Gasteiger partial charge in [-0.25, -0.2) is 0 Å². The summed E-state index contributed by atoms with van der Waals surface area (Å²) in [4.78, 5) is 27.9. The Hall–Kier alpha value is -1.63. The summed E-state index contributed by atoms with van der Waals surface area (Å²) in [6.07, 6.45) is 0.342. The van der Waals surface area contributed by atoms with Gasteiger partial charge in [0.05, 0.1) is 13.0 Å². The Morgan fingerprint density at radius 3 is 2.30 bits per heavy atom. The van der Waals surface area contributed by atoms with Crippen molar-refractivity contribution in [3.05, 3.63) is 34.9 Å². The van der Waals surface area contributed by atoms with E-state index in [0.717, 1.165) is 5.56 Å². The lowest BCUT2D eigenvalue weighted by Gasteiger charge is -2.36. The number of rotatable bonds is 5. The first-order valence-corrected chi connectivity index (χ1v) is 7.94. The average molecular weight is 340 g/mol. The standard InChI is InChI=1S/C16H22ClN3O3/c1-23-11-14(18)16(22)20-8-6-19(7-9-20)15(21)10-12-2-4-13(17)5-3-12/h2-5,14H,6-11,18H2,1H3. The van der Waals surface area contributed by atoms with Crippen LogP contribution in [0.3, 0.4) is 0 Å². The van der Waals surface area contributed by atoms with Crippen LogP contribution in [0, 0.1) is 0 Å². The molecule has 0 radical (unpaired) electrons. The van der Waals surface area contributed by atoms with Crippen molar-refractivity contribution in [2.75, 3.05) is 39.9 Å². The van der Waals surface area contributed by atoms with Crippen LogP contribution in [0.4, 0.5) is 0 Å². The summed E-state index contributed by atoms with van der Waals surface area (Å²) < 4.78 is 4.90. The van der Waals surface area contributed by atoms with Crippen LogP contribution < -0.4 is 5.73 Å². The summed E-state index contributed by atoms with van der Waals surface area (Å²) in [5.74, 6) is -0.0720. The van der Waals surface area contributed by atoms with E-state index in [1.807, 2.05) is 12.1 Å². The molecule has 1 aliphatic rings. The number of nitrogens with zero attached hydrogens (tertiary/aromatic N) is 2. The zero-order valence-electron chi connectivity index (χ0n) is 13.2. The number of carbonyl (C=O) groups is 2. The van der Waals surface area contributed by atoms with Crippen molar-refractivity contribution in [3.63, 3.8) is 0 Å². The molecule has 6 nitrogen and oxygen atoms in total. The maximum atomic E-state index is 12.3. The second-order valence-corrected chi connectivity index (χ2v) is 6.01. The molecule has 0 aromatic heterocycles. The number of ether oxygens (including phenoxy) is 1. The van der Waals surface area contributed by atoms with Crippen molar-refractivity contribution in [1.82, 2.24) is 9.80 Å². The van der Waals surface area contributed by atoms with Crippen LogP contribution in [0.1, 0.15) is 5.56 Å². The quantitative estimate of drug-likeness (QED) is 0.849. The highest BCUT2D eigenvalue weighted by Gasteiger charge is 2.27. The molecule has 1 aromatic rings. The molecule has 7 heteroatoms. The second-order valence-electron chi connectivity index (χ2n) is 5.57. The predicted octanol–water partition coefficient (Wildman–Crippen LogP) is 0.527. The van der Waals surface area contributed by atoms with E-state index in [9.17, 15) is 9.59 Å². The minimum absolute atomic E-state index is 0.0561. The van der Waals surface area contributed by atoms with Crippen molar-refractivity contribution in [2.24, 2.45) is 5.73 Å². The molecule has 2 N–H and O–H groups in total. The summed E-state index contributed by atoms with van der Waals surface area (Å²) in [5, 5.41) is 0.653. The summed E-state index contributed by atoms with van der Waals surface area (Å²) in [5.41, 5.74) is 6.69. The van der Waals surface area contributed by atoms with Crippen molar-refractivity contribution in [1.29, 1.82) is 0 Å². The third-order valence-corrected chi connectivity index (χ3v) is 4.13. The van der Waals surface area contributed by atoms with Crippen molar-refractivity contribution in [3.8, 4) is 0 Å². The van der Waals surface area contributed by atoms with Gasteiger partial charge in [0, 0.05) is 38.3 Å². The summed E-state index contributed by atoms with van der Waals surface area (Å²) >= 11 is 5.84. The van der Waals surface area contributed by atoms with Crippen LogP contribution in [0.25, 0.3) is 0 Å². The molecule has 0 aliphatic carbocycles. The van der Waals surface area contributed by atoms with Crippen molar-refractivity contribution in [2.45, 2.75) is 12.5 Å². The van der Waals surface area contributed by atoms with E-state index in [4.69, 9.17) is 22.1 Å². The number of carbonyl (C=O) groups excluding carboxylic acids is 2. The van der Waals surface area contributed by atoms with E-state index < -0.39 is 6.04 Å². The molecule has 1 fully saturated rings. The number of hydrogen-bond donors (Lipinski definition) is 1. The molecule has 0 bridgehead atoms. The normalized spacial score (nSPS) is 16.3. The summed E-state index contributed by atoms with van der Waals surface area (Å²) in [6.45, 7) is 2.26. The molecule has 1 unspecified atom stereocenters. The maximum Gasteiger partial charge on any atom is 0.241 e. The lowest BCUT2D eigenvalue weighted by atomic mass is 10.1. The molecule has 2 amide bonds.